The second kappa shape index (κ2) is 4.97. The Morgan fingerprint density at radius 3 is 2.81 bits per heavy atom. The van der Waals surface area contributed by atoms with E-state index in [2.05, 4.69) is 17.6 Å². The summed E-state index contributed by atoms with van der Waals surface area (Å²) in [5.41, 5.74) is 2.18. The third-order valence-electron chi connectivity index (χ3n) is 5.29. The van der Waals surface area contributed by atoms with Gasteiger partial charge in [-0.25, -0.2) is 4.98 Å². The van der Waals surface area contributed by atoms with Gasteiger partial charge in [-0.3, -0.25) is 4.79 Å². The minimum Gasteiger partial charge on any atom is -0.328 e. The first-order chi connectivity index (χ1) is 10.3. The lowest BCUT2D eigenvalue weighted by Gasteiger charge is -2.08. The average Bonchev–Trinajstić information content (AvgIpc) is 2.83. The van der Waals surface area contributed by atoms with Crippen LogP contribution in [0.3, 0.4) is 0 Å². The first-order valence-electron chi connectivity index (χ1n) is 8.26. The summed E-state index contributed by atoms with van der Waals surface area (Å²) in [7, 11) is 0. The Hall–Kier alpha value is -1.64. The lowest BCUT2D eigenvalue weighted by molar-refractivity contribution is -0.120. The summed E-state index contributed by atoms with van der Waals surface area (Å²) in [5.74, 6) is 3.17. The van der Waals surface area contributed by atoms with Crippen molar-refractivity contribution in [2.45, 2.75) is 45.6 Å². The van der Waals surface area contributed by atoms with Crippen LogP contribution in [0.4, 0.5) is 0 Å². The number of fused-ring (bicyclic) bond motifs is 2. The highest BCUT2D eigenvalue weighted by molar-refractivity contribution is 5.87. The van der Waals surface area contributed by atoms with Crippen LogP contribution in [0.5, 0.6) is 0 Å². The van der Waals surface area contributed by atoms with Crippen LogP contribution in [0.15, 0.2) is 24.3 Å². The summed E-state index contributed by atoms with van der Waals surface area (Å²) < 4.78 is 2.24. The van der Waals surface area contributed by atoms with Gasteiger partial charge in [-0.15, -0.1) is 0 Å². The van der Waals surface area contributed by atoms with Gasteiger partial charge in [0, 0.05) is 12.5 Å². The summed E-state index contributed by atoms with van der Waals surface area (Å²) in [4.78, 5) is 17.3. The fourth-order valence-corrected chi connectivity index (χ4v) is 4.31. The molecule has 2 saturated carbocycles. The van der Waals surface area contributed by atoms with Gasteiger partial charge in [0.15, 0.2) is 0 Å². The molecule has 2 unspecified atom stereocenters. The first-order valence-corrected chi connectivity index (χ1v) is 8.26. The zero-order valence-corrected chi connectivity index (χ0v) is 12.6. The number of para-hydroxylation sites is 2. The van der Waals surface area contributed by atoms with Crippen molar-refractivity contribution in [1.82, 2.24) is 9.55 Å². The van der Waals surface area contributed by atoms with E-state index < -0.39 is 0 Å². The molecule has 0 bridgehead atoms. The van der Waals surface area contributed by atoms with E-state index in [9.17, 15) is 4.79 Å². The van der Waals surface area contributed by atoms with Crippen molar-refractivity contribution in [3.63, 3.8) is 0 Å². The first kappa shape index (κ1) is 13.1. The number of hydrogen-bond donors (Lipinski definition) is 0. The summed E-state index contributed by atoms with van der Waals surface area (Å²) in [6.45, 7) is 3.12. The molecule has 0 amide bonds. The number of aromatic nitrogens is 2. The van der Waals surface area contributed by atoms with Crippen LogP contribution in [-0.4, -0.2) is 15.3 Å². The van der Waals surface area contributed by atoms with Crippen molar-refractivity contribution in [1.29, 1.82) is 0 Å². The Morgan fingerprint density at radius 2 is 2.05 bits per heavy atom. The molecule has 21 heavy (non-hydrogen) atoms. The van der Waals surface area contributed by atoms with Gasteiger partial charge < -0.3 is 4.57 Å². The SMILES string of the molecule is CCCn1c(CC(=O)C2C3CCCC32)nc2ccccc21. The van der Waals surface area contributed by atoms with Crippen molar-refractivity contribution in [3.8, 4) is 0 Å². The van der Waals surface area contributed by atoms with Crippen molar-refractivity contribution in [2.24, 2.45) is 17.8 Å². The molecule has 2 aliphatic carbocycles. The molecule has 2 aromatic rings. The van der Waals surface area contributed by atoms with Crippen LogP contribution in [0.1, 0.15) is 38.4 Å². The molecule has 2 atom stereocenters. The van der Waals surface area contributed by atoms with Crippen molar-refractivity contribution in [3.05, 3.63) is 30.1 Å². The normalized spacial score (nSPS) is 27.0. The zero-order chi connectivity index (χ0) is 14.4. The maximum Gasteiger partial charge on any atom is 0.144 e. The number of nitrogens with zero attached hydrogens (tertiary/aromatic N) is 2. The van der Waals surface area contributed by atoms with E-state index in [0.29, 0.717) is 30.0 Å². The van der Waals surface area contributed by atoms with Gasteiger partial charge >= 0.3 is 0 Å². The molecule has 0 spiro atoms. The summed E-state index contributed by atoms with van der Waals surface area (Å²) >= 11 is 0. The Balaban J connectivity index is 1.60. The molecule has 0 N–H and O–H groups in total. The second-order valence-electron chi connectivity index (χ2n) is 6.60. The monoisotopic (exact) mass is 282 g/mol. The van der Waals surface area contributed by atoms with Crippen LogP contribution >= 0.6 is 0 Å². The number of ketones is 1. The maximum absolute atomic E-state index is 12.6. The number of rotatable bonds is 5. The highest BCUT2D eigenvalue weighted by Gasteiger charge is 2.55. The Kier molecular flexibility index (Phi) is 3.09. The highest BCUT2D eigenvalue weighted by Crippen LogP contribution is 2.58. The molecule has 3 nitrogen and oxygen atoms in total. The number of hydrogen-bond acceptors (Lipinski definition) is 2. The summed E-state index contributed by atoms with van der Waals surface area (Å²) in [5, 5.41) is 0. The lowest BCUT2D eigenvalue weighted by atomic mass is 10.1. The van der Waals surface area contributed by atoms with E-state index in [1.165, 1.54) is 19.3 Å². The van der Waals surface area contributed by atoms with E-state index in [4.69, 9.17) is 4.98 Å². The molecule has 1 heterocycles. The van der Waals surface area contributed by atoms with Gasteiger partial charge in [-0.05, 0) is 43.2 Å². The molecule has 3 heteroatoms. The number of imidazole rings is 1. The fraction of sp³-hybridized carbons (Fsp3) is 0.556. The molecule has 0 saturated heterocycles. The predicted molar refractivity (Wildman–Crippen MR) is 83.1 cm³/mol. The van der Waals surface area contributed by atoms with E-state index in [1.807, 2.05) is 18.2 Å². The van der Waals surface area contributed by atoms with E-state index >= 15 is 0 Å². The number of benzene rings is 1. The number of carbonyl (C=O) groups is 1. The van der Waals surface area contributed by atoms with Gasteiger partial charge in [0.2, 0.25) is 0 Å². The smallest absolute Gasteiger partial charge is 0.144 e. The van der Waals surface area contributed by atoms with Crippen molar-refractivity contribution in [2.75, 3.05) is 0 Å². The van der Waals surface area contributed by atoms with Gasteiger partial charge in [0.25, 0.3) is 0 Å². The zero-order valence-electron chi connectivity index (χ0n) is 12.6. The largest absolute Gasteiger partial charge is 0.328 e. The van der Waals surface area contributed by atoms with Crippen LogP contribution < -0.4 is 0 Å². The fourth-order valence-electron chi connectivity index (χ4n) is 4.31. The van der Waals surface area contributed by atoms with Gasteiger partial charge in [0.05, 0.1) is 17.5 Å². The van der Waals surface area contributed by atoms with Crippen molar-refractivity contribution < 1.29 is 4.79 Å². The molecule has 1 aromatic carbocycles. The second-order valence-corrected chi connectivity index (χ2v) is 6.60. The van der Waals surface area contributed by atoms with Crippen LogP contribution in [0, 0.1) is 17.8 Å². The third kappa shape index (κ3) is 2.10. The molecular formula is C18H22N2O. The third-order valence-corrected chi connectivity index (χ3v) is 5.29. The van der Waals surface area contributed by atoms with Crippen LogP contribution in [0.2, 0.25) is 0 Å². The molecule has 2 fully saturated rings. The van der Waals surface area contributed by atoms with Gasteiger partial charge in [0.1, 0.15) is 11.6 Å². The Labute approximate surface area is 125 Å². The lowest BCUT2D eigenvalue weighted by Crippen LogP contribution is -2.14. The maximum atomic E-state index is 12.6. The standard InChI is InChI=1S/C18H22N2O/c1-2-10-20-15-9-4-3-8-14(15)19-17(20)11-16(21)18-12-6-5-7-13(12)18/h3-4,8-9,12-13,18H,2,5-7,10-11H2,1H3. The molecule has 1 aromatic heterocycles. The summed E-state index contributed by atoms with van der Waals surface area (Å²) in [6, 6.07) is 8.22. The molecule has 0 aliphatic heterocycles. The molecular weight excluding hydrogens is 260 g/mol. The highest BCUT2D eigenvalue weighted by atomic mass is 16.1. The minimum absolute atomic E-state index is 0.355. The quantitative estimate of drug-likeness (QED) is 0.839. The Bertz CT molecular complexity index is 678. The van der Waals surface area contributed by atoms with Gasteiger partial charge in [-0.1, -0.05) is 25.5 Å². The van der Waals surface area contributed by atoms with E-state index in [-0.39, 0.29) is 0 Å². The summed E-state index contributed by atoms with van der Waals surface area (Å²) in [6.07, 6.45) is 5.45. The van der Waals surface area contributed by atoms with Gasteiger partial charge in [-0.2, -0.15) is 0 Å². The van der Waals surface area contributed by atoms with Crippen LogP contribution in [0.25, 0.3) is 11.0 Å². The van der Waals surface area contributed by atoms with Crippen LogP contribution in [-0.2, 0) is 17.8 Å². The predicted octanol–water partition coefficient (Wildman–Crippen LogP) is 3.60. The van der Waals surface area contributed by atoms with Crippen molar-refractivity contribution >= 4 is 16.8 Å². The topological polar surface area (TPSA) is 34.9 Å². The number of Topliss-reactive ketones (excluding diaryl/α,β-unsaturated/α-hetero) is 1. The van der Waals surface area contributed by atoms with E-state index in [1.54, 1.807) is 0 Å². The average molecular weight is 282 g/mol. The molecule has 0 radical (unpaired) electrons. The Morgan fingerprint density at radius 1 is 1.29 bits per heavy atom. The minimum atomic E-state index is 0.355. The molecule has 4 rings (SSSR count). The number of carbonyl (C=O) groups excluding carboxylic acids is 1. The number of aryl methyl sites for hydroxylation is 1. The molecule has 110 valence electrons. The van der Waals surface area contributed by atoms with E-state index in [0.717, 1.165) is 29.8 Å². The molecule has 2 aliphatic rings.